The van der Waals surface area contributed by atoms with Crippen LogP contribution in [0.1, 0.15) is 19.2 Å². The second kappa shape index (κ2) is 5.97. The quantitative estimate of drug-likeness (QED) is 0.876. The van der Waals surface area contributed by atoms with Crippen molar-refractivity contribution in [2.24, 2.45) is 7.05 Å². The van der Waals surface area contributed by atoms with Crippen LogP contribution in [0.3, 0.4) is 0 Å². The molecule has 0 aliphatic carbocycles. The molecule has 0 aromatic carbocycles. The Morgan fingerprint density at radius 3 is 3.00 bits per heavy atom. The molecule has 7 heteroatoms. The molecule has 1 saturated heterocycles. The second-order valence-electron chi connectivity index (χ2n) is 4.89. The normalized spacial score (nSPS) is 15.5. The summed E-state index contributed by atoms with van der Waals surface area (Å²) in [5.41, 5.74) is 0.888. The zero-order valence-electron chi connectivity index (χ0n) is 11.8. The molecule has 3 rings (SSSR count). The molecule has 1 fully saturated rings. The molecule has 0 bridgehead atoms. The highest BCUT2D eigenvalue weighted by Crippen LogP contribution is 2.25. The van der Waals surface area contributed by atoms with Crippen molar-refractivity contribution in [2.75, 3.05) is 25.1 Å². The van der Waals surface area contributed by atoms with E-state index in [0.29, 0.717) is 5.25 Å². The van der Waals surface area contributed by atoms with Crippen LogP contribution in [0.5, 0.6) is 0 Å². The first kappa shape index (κ1) is 13.6. The SMILES string of the molecule is CCCNc1nc(CSC2COC2)nc2c1cnn2C. The summed E-state index contributed by atoms with van der Waals surface area (Å²) in [5.74, 6) is 2.57. The molecule has 0 radical (unpaired) electrons. The van der Waals surface area contributed by atoms with Crippen molar-refractivity contribution in [3.8, 4) is 0 Å². The summed E-state index contributed by atoms with van der Waals surface area (Å²) in [6.07, 6.45) is 2.89. The van der Waals surface area contributed by atoms with E-state index in [1.165, 1.54) is 0 Å². The van der Waals surface area contributed by atoms with Crippen molar-refractivity contribution in [3.63, 3.8) is 0 Å². The molecule has 1 N–H and O–H groups in total. The summed E-state index contributed by atoms with van der Waals surface area (Å²) in [7, 11) is 1.91. The Morgan fingerprint density at radius 1 is 1.45 bits per heavy atom. The fourth-order valence-electron chi connectivity index (χ4n) is 2.01. The number of aromatic nitrogens is 4. The van der Waals surface area contributed by atoms with Gasteiger partial charge in [-0.25, -0.2) is 9.97 Å². The average molecular weight is 293 g/mol. The number of thioether (sulfide) groups is 1. The summed E-state index contributed by atoms with van der Waals surface area (Å²) >= 11 is 1.86. The van der Waals surface area contributed by atoms with Gasteiger partial charge in [-0.1, -0.05) is 6.92 Å². The molecule has 0 saturated carbocycles. The minimum Gasteiger partial charge on any atom is -0.379 e. The third kappa shape index (κ3) is 2.73. The van der Waals surface area contributed by atoms with Crippen molar-refractivity contribution in [1.29, 1.82) is 0 Å². The van der Waals surface area contributed by atoms with E-state index in [9.17, 15) is 0 Å². The number of rotatable bonds is 6. The second-order valence-corrected chi connectivity index (χ2v) is 6.18. The molecule has 108 valence electrons. The van der Waals surface area contributed by atoms with Gasteiger partial charge in [-0.3, -0.25) is 4.68 Å². The van der Waals surface area contributed by atoms with E-state index in [2.05, 4.69) is 27.3 Å². The van der Waals surface area contributed by atoms with Gasteiger partial charge in [0.15, 0.2) is 5.65 Å². The highest BCUT2D eigenvalue weighted by atomic mass is 32.2. The highest BCUT2D eigenvalue weighted by molar-refractivity contribution is 7.99. The summed E-state index contributed by atoms with van der Waals surface area (Å²) in [6.45, 7) is 4.74. The monoisotopic (exact) mass is 293 g/mol. The Labute approximate surface area is 122 Å². The first-order valence-corrected chi connectivity index (χ1v) is 7.94. The van der Waals surface area contributed by atoms with E-state index >= 15 is 0 Å². The topological polar surface area (TPSA) is 64.9 Å². The highest BCUT2D eigenvalue weighted by Gasteiger charge is 2.20. The minimum absolute atomic E-state index is 0.591. The van der Waals surface area contributed by atoms with Crippen LogP contribution in [0, 0.1) is 0 Å². The van der Waals surface area contributed by atoms with Gasteiger partial charge in [-0.15, -0.1) is 11.8 Å². The molecule has 3 heterocycles. The Bertz CT molecular complexity index is 596. The minimum atomic E-state index is 0.591. The van der Waals surface area contributed by atoms with Gasteiger partial charge in [0, 0.05) is 13.6 Å². The van der Waals surface area contributed by atoms with Crippen LogP contribution in [0.4, 0.5) is 5.82 Å². The molecule has 2 aromatic rings. The van der Waals surface area contributed by atoms with Crippen LogP contribution < -0.4 is 5.32 Å². The zero-order valence-corrected chi connectivity index (χ0v) is 12.6. The van der Waals surface area contributed by atoms with Gasteiger partial charge < -0.3 is 10.1 Å². The number of ether oxygens (including phenoxy) is 1. The van der Waals surface area contributed by atoms with E-state index in [1.54, 1.807) is 4.68 Å². The lowest BCUT2D eigenvalue weighted by molar-refractivity contribution is 0.0455. The summed E-state index contributed by atoms with van der Waals surface area (Å²) in [5, 5.41) is 9.22. The molecule has 0 spiro atoms. The number of anilines is 1. The van der Waals surface area contributed by atoms with E-state index in [-0.39, 0.29) is 0 Å². The van der Waals surface area contributed by atoms with Crippen molar-refractivity contribution >= 4 is 28.6 Å². The van der Waals surface area contributed by atoms with Gasteiger partial charge in [-0.05, 0) is 6.42 Å². The summed E-state index contributed by atoms with van der Waals surface area (Å²) in [4.78, 5) is 9.27. The van der Waals surface area contributed by atoms with Crippen LogP contribution in [0.15, 0.2) is 6.20 Å². The number of fused-ring (bicyclic) bond motifs is 1. The fraction of sp³-hybridized carbons (Fsp3) is 0.615. The summed E-state index contributed by atoms with van der Waals surface area (Å²) in [6, 6.07) is 0. The first-order valence-electron chi connectivity index (χ1n) is 6.89. The van der Waals surface area contributed by atoms with E-state index in [0.717, 1.165) is 54.6 Å². The van der Waals surface area contributed by atoms with Gasteiger partial charge in [0.1, 0.15) is 11.6 Å². The van der Waals surface area contributed by atoms with Gasteiger partial charge in [-0.2, -0.15) is 5.10 Å². The number of hydrogen-bond acceptors (Lipinski definition) is 6. The maximum atomic E-state index is 5.19. The van der Waals surface area contributed by atoms with Gasteiger partial charge in [0.05, 0.1) is 35.8 Å². The Kier molecular flexibility index (Phi) is 4.07. The van der Waals surface area contributed by atoms with Crippen LogP contribution in [0.25, 0.3) is 11.0 Å². The molecule has 6 nitrogen and oxygen atoms in total. The smallest absolute Gasteiger partial charge is 0.163 e. The molecule has 0 atom stereocenters. The predicted octanol–water partition coefficient (Wildman–Crippen LogP) is 1.82. The molecule has 0 unspecified atom stereocenters. The third-order valence-electron chi connectivity index (χ3n) is 3.24. The van der Waals surface area contributed by atoms with Crippen molar-refractivity contribution < 1.29 is 4.74 Å². The third-order valence-corrected chi connectivity index (χ3v) is 4.40. The van der Waals surface area contributed by atoms with Gasteiger partial charge in [0.2, 0.25) is 0 Å². The number of nitrogens with one attached hydrogen (secondary N) is 1. The van der Waals surface area contributed by atoms with Crippen LogP contribution in [-0.2, 0) is 17.5 Å². The molecule has 1 aliphatic rings. The lowest BCUT2D eigenvalue weighted by atomic mass is 10.3. The maximum Gasteiger partial charge on any atom is 0.163 e. The molecule has 0 amide bonds. The lowest BCUT2D eigenvalue weighted by Gasteiger charge is -2.24. The Morgan fingerprint density at radius 2 is 2.30 bits per heavy atom. The fourth-order valence-corrected chi connectivity index (χ4v) is 2.91. The largest absolute Gasteiger partial charge is 0.379 e. The number of nitrogens with zero attached hydrogens (tertiary/aromatic N) is 4. The lowest BCUT2D eigenvalue weighted by Crippen LogP contribution is -2.30. The Balaban J connectivity index is 1.84. The van der Waals surface area contributed by atoms with Crippen molar-refractivity contribution in [3.05, 3.63) is 12.0 Å². The first-order chi connectivity index (χ1) is 9.78. The molecule has 20 heavy (non-hydrogen) atoms. The number of hydrogen-bond donors (Lipinski definition) is 1. The molecule has 2 aromatic heterocycles. The van der Waals surface area contributed by atoms with Gasteiger partial charge >= 0.3 is 0 Å². The number of aryl methyl sites for hydroxylation is 1. The molecule has 1 aliphatic heterocycles. The van der Waals surface area contributed by atoms with E-state index in [4.69, 9.17) is 4.74 Å². The average Bonchev–Trinajstić information content (AvgIpc) is 2.76. The standard InChI is InChI=1S/C13H19N5OS/c1-3-4-14-12-10-5-15-18(2)13(10)17-11(16-12)8-20-9-6-19-7-9/h5,9H,3-4,6-8H2,1-2H3,(H,14,16,17). The van der Waals surface area contributed by atoms with Gasteiger partial charge in [0.25, 0.3) is 0 Å². The summed E-state index contributed by atoms with van der Waals surface area (Å²) < 4.78 is 6.99. The van der Waals surface area contributed by atoms with Crippen molar-refractivity contribution in [2.45, 2.75) is 24.3 Å². The van der Waals surface area contributed by atoms with Crippen molar-refractivity contribution in [1.82, 2.24) is 19.7 Å². The van der Waals surface area contributed by atoms with Crippen LogP contribution >= 0.6 is 11.8 Å². The van der Waals surface area contributed by atoms with Crippen LogP contribution in [0.2, 0.25) is 0 Å². The molecular formula is C13H19N5OS. The predicted molar refractivity (Wildman–Crippen MR) is 81.0 cm³/mol. The van der Waals surface area contributed by atoms with E-state index < -0.39 is 0 Å². The Hall–Kier alpha value is -1.34. The maximum absolute atomic E-state index is 5.19. The van der Waals surface area contributed by atoms with E-state index in [1.807, 2.05) is 25.0 Å². The molecular weight excluding hydrogens is 274 g/mol. The van der Waals surface area contributed by atoms with Crippen LogP contribution in [-0.4, -0.2) is 44.8 Å². The zero-order chi connectivity index (χ0) is 13.9.